The monoisotopic (exact) mass is 359 g/mol. The van der Waals surface area contributed by atoms with Gasteiger partial charge in [-0.2, -0.15) is 0 Å². The van der Waals surface area contributed by atoms with Crippen molar-refractivity contribution >= 4 is 48.6 Å². The van der Waals surface area contributed by atoms with Gasteiger partial charge in [-0.15, -0.1) is 0 Å². The molecule has 0 aromatic rings. The molecule has 0 unspecified atom stereocenters. The highest BCUT2D eigenvalue weighted by Gasteiger charge is 2.04. The zero-order valence-electron chi connectivity index (χ0n) is 4.83. The van der Waals surface area contributed by atoms with Gasteiger partial charge in [0.05, 0.1) is 11.9 Å². The van der Waals surface area contributed by atoms with Gasteiger partial charge in [0.1, 0.15) is 27.0 Å². The number of hydrogen-bond acceptors (Lipinski definition) is 3. The SMILES string of the molecule is C1=CC2=C(C=NI=N2)N=I1. The van der Waals surface area contributed by atoms with E-state index in [-0.39, 0.29) is 42.3 Å². The minimum atomic E-state index is -0.294. The zero-order valence-corrected chi connectivity index (χ0v) is 9.14. The molecule has 0 radical (unpaired) electrons. The van der Waals surface area contributed by atoms with Crippen molar-refractivity contribution in [2.45, 2.75) is 0 Å². The molecule has 0 N–H and O–H groups in total. The first-order valence-corrected chi connectivity index (χ1v) is 6.73. The Hall–Kier alpha value is 0.210. The van der Waals surface area contributed by atoms with E-state index in [1.165, 1.54) is 0 Å². The molecule has 0 aromatic carbocycles. The van der Waals surface area contributed by atoms with Crippen molar-refractivity contribution in [1.29, 1.82) is 0 Å². The third-order valence-electron chi connectivity index (χ3n) is 1.02. The summed E-state index contributed by atoms with van der Waals surface area (Å²) in [6, 6.07) is 0. The molecule has 0 saturated carbocycles. The van der Waals surface area contributed by atoms with E-state index in [4.69, 9.17) is 0 Å². The fourth-order valence-corrected chi connectivity index (χ4v) is 3.07. The van der Waals surface area contributed by atoms with E-state index in [0.29, 0.717) is 0 Å². The Morgan fingerprint density at radius 3 is 3.10 bits per heavy atom. The lowest BCUT2D eigenvalue weighted by Crippen LogP contribution is -1.87. The molecule has 5 heteroatoms. The van der Waals surface area contributed by atoms with Crippen molar-refractivity contribution in [3.63, 3.8) is 0 Å². The molecule has 10 heavy (non-hydrogen) atoms. The van der Waals surface area contributed by atoms with Crippen LogP contribution in [0.5, 0.6) is 0 Å². The topological polar surface area (TPSA) is 37.1 Å². The average molecular weight is 359 g/mol. The molecule has 0 amide bonds. The van der Waals surface area contributed by atoms with E-state index in [1.54, 1.807) is 0 Å². The molecule has 0 spiro atoms. The number of rotatable bonds is 0. The first-order valence-electron chi connectivity index (χ1n) is 2.59. The van der Waals surface area contributed by atoms with Crippen molar-refractivity contribution in [3.05, 3.63) is 21.6 Å². The van der Waals surface area contributed by atoms with Crippen LogP contribution in [0.4, 0.5) is 0 Å². The third-order valence-corrected chi connectivity index (χ3v) is 3.77. The van der Waals surface area contributed by atoms with Gasteiger partial charge < -0.3 is 0 Å². The Kier molecular flexibility index (Phi) is 2.12. The van der Waals surface area contributed by atoms with E-state index in [2.05, 4.69) is 19.7 Å². The average Bonchev–Trinajstić information content (AvgIpc) is 2.05. The molecule has 0 atom stereocenters. The molecular formula is C5H3I2N3. The minimum Gasteiger partial charge on any atom is -0.219 e. The number of halogens is 2. The lowest BCUT2D eigenvalue weighted by molar-refractivity contribution is 1.37. The molecule has 52 valence electrons. The van der Waals surface area contributed by atoms with E-state index in [0.717, 1.165) is 11.4 Å². The predicted octanol–water partition coefficient (Wildman–Crippen LogP) is 3.03. The molecule has 2 aliphatic heterocycles. The molecule has 0 saturated heterocycles. The van der Waals surface area contributed by atoms with Crippen LogP contribution in [0.3, 0.4) is 0 Å². The Labute approximate surface area is 79.0 Å². The van der Waals surface area contributed by atoms with Crippen LogP contribution in [0.25, 0.3) is 0 Å². The van der Waals surface area contributed by atoms with Crippen LogP contribution < -0.4 is 0 Å². The molecule has 3 nitrogen and oxygen atoms in total. The lowest BCUT2D eigenvalue weighted by atomic mass is 10.3. The molecule has 0 fully saturated rings. The van der Waals surface area contributed by atoms with Gasteiger partial charge in [0.2, 0.25) is 0 Å². The van der Waals surface area contributed by atoms with Crippen molar-refractivity contribution < 1.29 is 0 Å². The van der Waals surface area contributed by atoms with Crippen LogP contribution in [-0.4, -0.2) is 6.21 Å². The van der Waals surface area contributed by atoms with Crippen molar-refractivity contribution in [2.24, 2.45) is 9.50 Å². The van der Waals surface area contributed by atoms with Crippen LogP contribution in [0.1, 0.15) is 0 Å². The Bertz CT molecular complexity index is 240. The molecule has 0 bridgehead atoms. The number of allylic oxidation sites excluding steroid dienone is 2. The quantitative estimate of drug-likeness (QED) is 0.597. The number of hydrogen-bond donors (Lipinski definition) is 0. The van der Waals surface area contributed by atoms with Crippen LogP contribution in [0.2, 0.25) is 0 Å². The first-order chi connectivity index (χ1) is 4.97. The van der Waals surface area contributed by atoms with Gasteiger partial charge in [-0.1, -0.05) is 0 Å². The largest absolute Gasteiger partial charge is 0.219 e. The highest BCUT2D eigenvalue weighted by molar-refractivity contribution is 14.2. The van der Waals surface area contributed by atoms with E-state index in [1.807, 2.05) is 6.21 Å². The smallest absolute Gasteiger partial charge is 0.143 e. The normalized spacial score (nSPS) is 21.6. The molecule has 0 aliphatic carbocycles. The van der Waals surface area contributed by atoms with Crippen LogP contribution >= 0.6 is 42.3 Å². The summed E-state index contributed by atoms with van der Waals surface area (Å²) >= 11 is -0.377. The van der Waals surface area contributed by atoms with Crippen molar-refractivity contribution in [3.8, 4) is 0 Å². The summed E-state index contributed by atoms with van der Waals surface area (Å²) in [6.45, 7) is 0. The highest BCUT2D eigenvalue weighted by atomic mass is 127. The van der Waals surface area contributed by atoms with Gasteiger partial charge in [0.25, 0.3) is 0 Å². The van der Waals surface area contributed by atoms with Gasteiger partial charge in [-0.25, -0.2) is 9.50 Å². The summed E-state index contributed by atoms with van der Waals surface area (Å²) in [7, 11) is 0. The summed E-state index contributed by atoms with van der Waals surface area (Å²) in [6.07, 6.45) is 3.93. The summed E-state index contributed by atoms with van der Waals surface area (Å²) < 4.78 is 14.8. The van der Waals surface area contributed by atoms with E-state index >= 15 is 0 Å². The second kappa shape index (κ2) is 3.07. The van der Waals surface area contributed by atoms with Gasteiger partial charge in [0.15, 0.2) is 0 Å². The molecule has 0 aromatic heterocycles. The fourth-order valence-electron chi connectivity index (χ4n) is 0.587. The Morgan fingerprint density at radius 2 is 2.20 bits per heavy atom. The van der Waals surface area contributed by atoms with Crippen molar-refractivity contribution in [1.82, 2.24) is 0 Å². The molecule has 2 rings (SSSR count). The maximum Gasteiger partial charge on any atom is 0.143 e. The summed E-state index contributed by atoms with van der Waals surface area (Å²) in [5, 5.41) is 0. The minimum absolute atomic E-state index is 0.0837. The zero-order chi connectivity index (χ0) is 6.81. The fraction of sp³-hybridized carbons (Fsp3) is 0. The summed E-state index contributed by atoms with van der Waals surface area (Å²) in [5.74, 6) is 0. The lowest BCUT2D eigenvalue weighted by Gasteiger charge is -2.01. The van der Waals surface area contributed by atoms with E-state index < -0.39 is 0 Å². The molecule has 2 heterocycles. The van der Waals surface area contributed by atoms with Gasteiger partial charge in [-0.3, -0.25) is 0 Å². The summed E-state index contributed by atoms with van der Waals surface area (Å²) in [4.78, 5) is 0. The maximum absolute atomic E-state index is 4.33. The van der Waals surface area contributed by atoms with Gasteiger partial charge in [0, 0.05) is 21.0 Å². The second-order valence-electron chi connectivity index (χ2n) is 1.63. The number of nitrogens with zero attached hydrogens (tertiary/aromatic N) is 3. The Morgan fingerprint density at radius 1 is 1.20 bits per heavy atom. The molecule has 2 aliphatic rings. The van der Waals surface area contributed by atoms with Crippen LogP contribution in [0.15, 0.2) is 31.0 Å². The van der Waals surface area contributed by atoms with Crippen LogP contribution in [-0.2, 0) is 0 Å². The summed E-state index contributed by atoms with van der Waals surface area (Å²) in [5.41, 5.74) is 2.05. The second-order valence-corrected chi connectivity index (χ2v) is 4.86. The van der Waals surface area contributed by atoms with Gasteiger partial charge >= 0.3 is 0 Å². The van der Waals surface area contributed by atoms with Gasteiger partial charge in [-0.05, 0) is 10.2 Å². The third kappa shape index (κ3) is 1.29. The predicted molar refractivity (Wildman–Crippen MR) is 57.6 cm³/mol. The standard InChI is InChI=1S/C5H3I2N3/c1-2-6-9-5-3-8-7-10-4(1)5/h1-3H. The van der Waals surface area contributed by atoms with Crippen molar-refractivity contribution in [2.75, 3.05) is 0 Å². The maximum atomic E-state index is 4.33. The molecular weight excluding hydrogens is 356 g/mol. The van der Waals surface area contributed by atoms with E-state index in [9.17, 15) is 0 Å². The first kappa shape index (κ1) is 6.89. The highest BCUT2D eigenvalue weighted by Crippen LogP contribution is 2.27. The Balaban J connectivity index is 2.55. The van der Waals surface area contributed by atoms with Crippen LogP contribution in [0, 0.1) is 0 Å².